The number of anilines is 1. The van der Waals surface area contributed by atoms with Crippen LogP contribution in [0, 0.1) is 5.92 Å². The topological polar surface area (TPSA) is 76.3 Å². The number of aromatic nitrogens is 1. The third kappa shape index (κ3) is 4.44. The van der Waals surface area contributed by atoms with Crippen LogP contribution >= 0.6 is 0 Å². The number of hydrogen-bond acceptors (Lipinski definition) is 4. The van der Waals surface area contributed by atoms with E-state index in [-0.39, 0.29) is 17.6 Å². The van der Waals surface area contributed by atoms with Crippen LogP contribution in [0.4, 0.5) is 5.82 Å². The third-order valence-corrected chi connectivity index (χ3v) is 4.69. The number of ketones is 1. The molecule has 1 saturated heterocycles. The summed E-state index contributed by atoms with van der Waals surface area (Å²) in [7, 11) is 0. The maximum atomic E-state index is 12.6. The van der Waals surface area contributed by atoms with Gasteiger partial charge in [-0.1, -0.05) is 30.3 Å². The first-order valence-electron chi connectivity index (χ1n) is 8.71. The van der Waals surface area contributed by atoms with Gasteiger partial charge in [0, 0.05) is 37.2 Å². The molecule has 1 aliphatic heterocycles. The molecule has 25 heavy (non-hydrogen) atoms. The highest BCUT2D eigenvalue weighted by Gasteiger charge is 2.28. The second kappa shape index (κ2) is 7.92. The van der Waals surface area contributed by atoms with Crippen LogP contribution in [-0.2, 0) is 11.2 Å². The number of likely N-dealkylation sites (tertiary alicyclic amines) is 1. The first kappa shape index (κ1) is 17.1. The number of nitrogen functional groups attached to an aromatic ring is 1. The fraction of sp³-hybridized carbons (Fsp3) is 0.350. The van der Waals surface area contributed by atoms with Crippen molar-refractivity contribution >= 4 is 17.5 Å². The van der Waals surface area contributed by atoms with Crippen molar-refractivity contribution in [2.24, 2.45) is 5.92 Å². The largest absolute Gasteiger partial charge is 0.384 e. The molecule has 0 spiro atoms. The molecule has 2 aromatic rings. The monoisotopic (exact) mass is 337 g/mol. The summed E-state index contributed by atoms with van der Waals surface area (Å²) >= 11 is 0. The number of benzene rings is 1. The van der Waals surface area contributed by atoms with Crippen molar-refractivity contribution in [3.63, 3.8) is 0 Å². The Labute approximate surface area is 147 Å². The Morgan fingerprint density at radius 2 is 2.00 bits per heavy atom. The standard InChI is InChI=1S/C20H23N3O2/c21-19-13-16(10-11-22-19)20(25)23-12-4-7-17(14-23)18(24)9-8-15-5-2-1-3-6-15/h1-3,5-6,10-11,13,17H,4,7-9,12,14H2,(H2,21,22)/t17-/m0/s1. The summed E-state index contributed by atoms with van der Waals surface area (Å²) in [6.07, 6.45) is 4.53. The number of nitrogens with two attached hydrogens (primary N) is 1. The summed E-state index contributed by atoms with van der Waals surface area (Å²) in [6.45, 7) is 1.18. The van der Waals surface area contributed by atoms with Gasteiger partial charge in [0.15, 0.2) is 0 Å². The fourth-order valence-corrected chi connectivity index (χ4v) is 3.30. The van der Waals surface area contributed by atoms with E-state index in [0.717, 1.165) is 19.3 Å². The molecule has 130 valence electrons. The number of carbonyl (C=O) groups is 2. The van der Waals surface area contributed by atoms with Gasteiger partial charge in [0.1, 0.15) is 11.6 Å². The molecule has 3 rings (SSSR count). The molecule has 1 aromatic carbocycles. The van der Waals surface area contributed by atoms with Gasteiger partial charge in [-0.3, -0.25) is 9.59 Å². The minimum atomic E-state index is -0.0744. The number of amides is 1. The Balaban J connectivity index is 1.58. The molecular weight excluding hydrogens is 314 g/mol. The minimum absolute atomic E-state index is 0.0689. The van der Waals surface area contributed by atoms with Gasteiger partial charge in [-0.2, -0.15) is 0 Å². The Morgan fingerprint density at radius 1 is 1.20 bits per heavy atom. The highest BCUT2D eigenvalue weighted by atomic mass is 16.2. The van der Waals surface area contributed by atoms with E-state index in [0.29, 0.717) is 30.9 Å². The van der Waals surface area contributed by atoms with Gasteiger partial charge in [0.05, 0.1) is 0 Å². The molecule has 0 aliphatic carbocycles. The second-order valence-corrected chi connectivity index (χ2v) is 6.51. The minimum Gasteiger partial charge on any atom is -0.384 e. The lowest BCUT2D eigenvalue weighted by Crippen LogP contribution is -2.42. The smallest absolute Gasteiger partial charge is 0.254 e. The van der Waals surface area contributed by atoms with Gasteiger partial charge in [0.25, 0.3) is 5.91 Å². The summed E-state index contributed by atoms with van der Waals surface area (Å²) in [5, 5.41) is 0. The zero-order valence-corrected chi connectivity index (χ0v) is 14.2. The first-order chi connectivity index (χ1) is 12.1. The number of carbonyl (C=O) groups excluding carboxylic acids is 2. The number of rotatable bonds is 5. The van der Waals surface area contributed by atoms with E-state index in [9.17, 15) is 9.59 Å². The van der Waals surface area contributed by atoms with Crippen LogP contribution in [0.25, 0.3) is 0 Å². The van der Waals surface area contributed by atoms with Crippen molar-refractivity contribution < 1.29 is 9.59 Å². The van der Waals surface area contributed by atoms with Crippen molar-refractivity contribution in [2.45, 2.75) is 25.7 Å². The van der Waals surface area contributed by atoms with Crippen molar-refractivity contribution in [1.29, 1.82) is 0 Å². The predicted molar refractivity (Wildman–Crippen MR) is 97.0 cm³/mol. The van der Waals surface area contributed by atoms with Gasteiger partial charge in [-0.05, 0) is 37.0 Å². The maximum absolute atomic E-state index is 12.6. The highest BCUT2D eigenvalue weighted by Crippen LogP contribution is 2.21. The molecule has 1 amide bonds. The van der Waals surface area contributed by atoms with E-state index in [2.05, 4.69) is 4.98 Å². The van der Waals surface area contributed by atoms with Crippen LogP contribution < -0.4 is 5.73 Å². The van der Waals surface area contributed by atoms with Crippen molar-refractivity contribution in [3.8, 4) is 0 Å². The Hall–Kier alpha value is -2.69. The lowest BCUT2D eigenvalue weighted by atomic mass is 9.90. The summed E-state index contributed by atoms with van der Waals surface area (Å²) in [5.41, 5.74) is 7.37. The van der Waals surface area contributed by atoms with Crippen molar-refractivity contribution in [3.05, 3.63) is 59.8 Å². The summed E-state index contributed by atoms with van der Waals surface area (Å²) in [4.78, 5) is 30.9. The zero-order valence-electron chi connectivity index (χ0n) is 14.2. The van der Waals surface area contributed by atoms with Gasteiger partial charge in [-0.15, -0.1) is 0 Å². The molecule has 2 heterocycles. The second-order valence-electron chi connectivity index (χ2n) is 6.51. The molecule has 0 bridgehead atoms. The first-order valence-corrected chi connectivity index (χ1v) is 8.71. The van der Waals surface area contributed by atoms with Crippen LogP contribution in [0.15, 0.2) is 48.7 Å². The average molecular weight is 337 g/mol. The molecule has 5 nitrogen and oxygen atoms in total. The quantitative estimate of drug-likeness (QED) is 0.910. The number of piperidine rings is 1. The van der Waals surface area contributed by atoms with E-state index in [1.54, 1.807) is 17.0 Å². The molecule has 0 saturated carbocycles. The molecule has 1 atom stereocenters. The summed E-state index contributed by atoms with van der Waals surface area (Å²) in [5.74, 6) is 0.434. The summed E-state index contributed by atoms with van der Waals surface area (Å²) in [6, 6.07) is 13.3. The lowest BCUT2D eigenvalue weighted by Gasteiger charge is -2.32. The maximum Gasteiger partial charge on any atom is 0.254 e. The van der Waals surface area contributed by atoms with E-state index in [1.807, 2.05) is 30.3 Å². The van der Waals surface area contributed by atoms with Gasteiger partial charge < -0.3 is 10.6 Å². The number of pyridine rings is 1. The van der Waals surface area contributed by atoms with Gasteiger partial charge in [-0.25, -0.2) is 4.98 Å². The van der Waals surface area contributed by atoms with Crippen LogP contribution in [0.1, 0.15) is 35.2 Å². The molecule has 2 N–H and O–H groups in total. The van der Waals surface area contributed by atoms with Gasteiger partial charge >= 0.3 is 0 Å². The van der Waals surface area contributed by atoms with Gasteiger partial charge in [0.2, 0.25) is 0 Å². The zero-order chi connectivity index (χ0) is 17.6. The third-order valence-electron chi connectivity index (χ3n) is 4.69. The van der Waals surface area contributed by atoms with Crippen LogP contribution in [0.2, 0.25) is 0 Å². The SMILES string of the molecule is Nc1cc(C(=O)N2CCC[C@H](C(=O)CCc3ccccc3)C2)ccn1. The van der Waals surface area contributed by atoms with Crippen LogP contribution in [0.5, 0.6) is 0 Å². The van der Waals surface area contributed by atoms with Crippen molar-refractivity contribution in [2.75, 3.05) is 18.8 Å². The number of nitrogens with zero attached hydrogens (tertiary/aromatic N) is 2. The number of hydrogen-bond donors (Lipinski definition) is 1. The van der Waals surface area contributed by atoms with E-state index >= 15 is 0 Å². The highest BCUT2D eigenvalue weighted by molar-refractivity contribution is 5.95. The average Bonchev–Trinajstić information content (AvgIpc) is 2.66. The van der Waals surface area contributed by atoms with Crippen molar-refractivity contribution in [1.82, 2.24) is 9.88 Å². The molecule has 1 aliphatic rings. The molecule has 0 unspecified atom stereocenters. The number of Topliss-reactive ketones (excluding diaryl/α,β-unsaturated/α-hetero) is 1. The molecule has 0 radical (unpaired) electrons. The lowest BCUT2D eigenvalue weighted by molar-refractivity contribution is -0.124. The molecule has 5 heteroatoms. The normalized spacial score (nSPS) is 17.3. The Morgan fingerprint density at radius 3 is 2.76 bits per heavy atom. The van der Waals surface area contributed by atoms with Crippen LogP contribution in [-0.4, -0.2) is 34.7 Å². The van der Waals surface area contributed by atoms with E-state index in [1.165, 1.54) is 11.8 Å². The van der Waals surface area contributed by atoms with E-state index < -0.39 is 0 Å². The molecular formula is C20H23N3O2. The molecule has 1 fully saturated rings. The van der Waals surface area contributed by atoms with E-state index in [4.69, 9.17) is 5.73 Å². The summed E-state index contributed by atoms with van der Waals surface area (Å²) < 4.78 is 0. The predicted octanol–water partition coefficient (Wildman–Crippen LogP) is 2.72. The Bertz CT molecular complexity index is 746. The molecule has 1 aromatic heterocycles. The number of aryl methyl sites for hydroxylation is 1. The fourth-order valence-electron chi connectivity index (χ4n) is 3.30. The van der Waals surface area contributed by atoms with Crippen LogP contribution in [0.3, 0.4) is 0 Å². The Kier molecular flexibility index (Phi) is 5.43.